The number of benzene rings is 1. The molecule has 14 heavy (non-hydrogen) atoms. The highest BCUT2D eigenvalue weighted by molar-refractivity contribution is 9.10. The summed E-state index contributed by atoms with van der Waals surface area (Å²) in [7, 11) is 1.90. The number of nitrogens with one attached hydrogen (secondary N) is 1. The molecular formula is C11H15BrFN. The van der Waals surface area contributed by atoms with E-state index in [-0.39, 0.29) is 5.82 Å². The molecule has 0 fully saturated rings. The van der Waals surface area contributed by atoms with Crippen LogP contribution in [0.15, 0.2) is 10.5 Å². The summed E-state index contributed by atoms with van der Waals surface area (Å²) in [5.74, 6) is -0.129. The van der Waals surface area contributed by atoms with Crippen molar-refractivity contribution in [3.05, 3.63) is 33.0 Å². The highest BCUT2D eigenvalue weighted by Gasteiger charge is 2.10. The molecule has 1 nitrogen and oxygen atoms in total. The van der Waals surface area contributed by atoms with E-state index in [1.54, 1.807) is 0 Å². The van der Waals surface area contributed by atoms with Crippen LogP contribution in [0.25, 0.3) is 0 Å². The SMILES string of the molecule is CNCCc1cc(C)c(Br)c(F)c1C. The predicted molar refractivity (Wildman–Crippen MR) is 61.2 cm³/mol. The van der Waals surface area contributed by atoms with Crippen molar-refractivity contribution >= 4 is 15.9 Å². The van der Waals surface area contributed by atoms with Gasteiger partial charge >= 0.3 is 0 Å². The van der Waals surface area contributed by atoms with Gasteiger partial charge in [-0.15, -0.1) is 0 Å². The molecule has 0 atom stereocenters. The van der Waals surface area contributed by atoms with Gasteiger partial charge in [-0.2, -0.15) is 0 Å². The number of rotatable bonds is 3. The molecule has 1 aromatic carbocycles. The smallest absolute Gasteiger partial charge is 0.140 e. The fourth-order valence-electron chi connectivity index (χ4n) is 1.43. The highest BCUT2D eigenvalue weighted by atomic mass is 79.9. The molecule has 3 heteroatoms. The molecule has 0 spiro atoms. The van der Waals surface area contributed by atoms with Crippen LogP contribution in [0.3, 0.4) is 0 Å². The molecule has 1 aromatic rings. The first kappa shape index (κ1) is 11.7. The van der Waals surface area contributed by atoms with Gasteiger partial charge in [0, 0.05) is 0 Å². The summed E-state index contributed by atoms with van der Waals surface area (Å²) in [4.78, 5) is 0. The van der Waals surface area contributed by atoms with Crippen molar-refractivity contribution in [1.82, 2.24) is 5.32 Å². The van der Waals surface area contributed by atoms with Gasteiger partial charge in [0.05, 0.1) is 4.47 Å². The van der Waals surface area contributed by atoms with Crippen LogP contribution in [0.2, 0.25) is 0 Å². The third-order valence-corrected chi connectivity index (χ3v) is 3.36. The molecule has 0 unspecified atom stereocenters. The van der Waals surface area contributed by atoms with E-state index in [1.807, 2.05) is 27.0 Å². The van der Waals surface area contributed by atoms with Gasteiger partial charge < -0.3 is 5.32 Å². The maximum absolute atomic E-state index is 13.6. The zero-order chi connectivity index (χ0) is 10.7. The minimum absolute atomic E-state index is 0.129. The Kier molecular flexibility index (Phi) is 4.08. The molecule has 0 heterocycles. The highest BCUT2D eigenvalue weighted by Crippen LogP contribution is 2.25. The lowest BCUT2D eigenvalue weighted by molar-refractivity contribution is 0.606. The summed E-state index contributed by atoms with van der Waals surface area (Å²) in [6.07, 6.45) is 0.868. The molecule has 1 N–H and O–H groups in total. The van der Waals surface area contributed by atoms with E-state index in [0.29, 0.717) is 4.47 Å². The molecule has 0 aliphatic heterocycles. The lowest BCUT2D eigenvalue weighted by Gasteiger charge is -2.10. The number of likely N-dealkylation sites (N-methyl/N-ethyl adjacent to an activating group) is 1. The van der Waals surface area contributed by atoms with Crippen molar-refractivity contribution in [3.8, 4) is 0 Å². The average molecular weight is 260 g/mol. The van der Waals surface area contributed by atoms with E-state index in [2.05, 4.69) is 21.2 Å². The molecular weight excluding hydrogens is 245 g/mol. The van der Waals surface area contributed by atoms with Gasteiger partial charge in [0.15, 0.2) is 0 Å². The second-order valence-electron chi connectivity index (χ2n) is 3.46. The summed E-state index contributed by atoms with van der Waals surface area (Å²) in [5.41, 5.74) is 2.79. The monoisotopic (exact) mass is 259 g/mol. The van der Waals surface area contributed by atoms with Crippen LogP contribution in [0, 0.1) is 19.7 Å². The van der Waals surface area contributed by atoms with Crippen LogP contribution in [0.5, 0.6) is 0 Å². The zero-order valence-electron chi connectivity index (χ0n) is 8.75. The second kappa shape index (κ2) is 4.89. The van der Waals surface area contributed by atoms with Crippen LogP contribution < -0.4 is 5.32 Å². The molecule has 0 saturated heterocycles. The standard InChI is InChI=1S/C11H15BrFN/c1-7-6-9(4-5-14-3)8(2)11(13)10(7)12/h6,14H,4-5H2,1-3H3. The second-order valence-corrected chi connectivity index (χ2v) is 4.25. The number of hydrogen-bond donors (Lipinski definition) is 1. The number of hydrogen-bond acceptors (Lipinski definition) is 1. The predicted octanol–water partition coefficient (Wildman–Crippen LogP) is 2.97. The van der Waals surface area contributed by atoms with Gasteiger partial charge in [-0.3, -0.25) is 0 Å². The quantitative estimate of drug-likeness (QED) is 0.881. The largest absolute Gasteiger partial charge is 0.319 e. The Bertz CT molecular complexity index is 337. The van der Waals surface area contributed by atoms with E-state index in [0.717, 1.165) is 29.7 Å². The first-order chi connectivity index (χ1) is 6.57. The minimum atomic E-state index is -0.129. The fraction of sp³-hybridized carbons (Fsp3) is 0.455. The Hall–Kier alpha value is -0.410. The number of aryl methyl sites for hydroxylation is 1. The summed E-state index contributed by atoms with van der Waals surface area (Å²) in [5, 5.41) is 3.06. The minimum Gasteiger partial charge on any atom is -0.319 e. The summed E-state index contributed by atoms with van der Waals surface area (Å²) >= 11 is 3.24. The van der Waals surface area contributed by atoms with E-state index in [4.69, 9.17) is 0 Å². The lowest BCUT2D eigenvalue weighted by atomic mass is 10.0. The molecule has 0 radical (unpaired) electrons. The van der Waals surface area contributed by atoms with E-state index in [1.165, 1.54) is 0 Å². The third kappa shape index (κ3) is 2.34. The van der Waals surface area contributed by atoms with Gasteiger partial charge in [-0.1, -0.05) is 6.07 Å². The Morgan fingerprint density at radius 3 is 2.64 bits per heavy atom. The molecule has 0 bridgehead atoms. The topological polar surface area (TPSA) is 12.0 Å². The lowest BCUT2D eigenvalue weighted by Crippen LogP contribution is -2.11. The van der Waals surface area contributed by atoms with Crippen LogP contribution in [-0.2, 0) is 6.42 Å². The van der Waals surface area contributed by atoms with Crippen LogP contribution >= 0.6 is 15.9 Å². The van der Waals surface area contributed by atoms with Gasteiger partial charge in [0.25, 0.3) is 0 Å². The Balaban J connectivity index is 3.06. The van der Waals surface area contributed by atoms with Gasteiger partial charge in [0.2, 0.25) is 0 Å². The molecule has 78 valence electrons. The Morgan fingerprint density at radius 1 is 1.43 bits per heavy atom. The zero-order valence-corrected chi connectivity index (χ0v) is 10.3. The van der Waals surface area contributed by atoms with Crippen molar-refractivity contribution in [2.75, 3.05) is 13.6 Å². The molecule has 0 saturated carbocycles. The first-order valence-electron chi connectivity index (χ1n) is 4.66. The third-order valence-electron chi connectivity index (χ3n) is 2.38. The van der Waals surface area contributed by atoms with Gasteiger partial charge in [-0.05, 0) is 66.5 Å². The maximum Gasteiger partial charge on any atom is 0.140 e. The van der Waals surface area contributed by atoms with Gasteiger partial charge in [0.1, 0.15) is 5.82 Å². The van der Waals surface area contributed by atoms with Crippen molar-refractivity contribution in [3.63, 3.8) is 0 Å². The molecule has 1 rings (SSSR count). The molecule has 0 amide bonds. The van der Waals surface area contributed by atoms with Crippen molar-refractivity contribution in [2.24, 2.45) is 0 Å². The molecule has 0 aliphatic rings. The molecule has 0 aliphatic carbocycles. The van der Waals surface area contributed by atoms with Crippen molar-refractivity contribution in [1.29, 1.82) is 0 Å². The summed E-state index contributed by atoms with van der Waals surface area (Å²) < 4.78 is 14.2. The average Bonchev–Trinajstić information content (AvgIpc) is 2.18. The van der Waals surface area contributed by atoms with E-state index >= 15 is 0 Å². The van der Waals surface area contributed by atoms with Crippen LogP contribution in [0.4, 0.5) is 4.39 Å². The van der Waals surface area contributed by atoms with Gasteiger partial charge in [-0.25, -0.2) is 4.39 Å². The summed E-state index contributed by atoms with van der Waals surface area (Å²) in [6.45, 7) is 4.61. The van der Waals surface area contributed by atoms with Crippen molar-refractivity contribution in [2.45, 2.75) is 20.3 Å². The first-order valence-corrected chi connectivity index (χ1v) is 5.46. The normalized spacial score (nSPS) is 10.6. The Morgan fingerprint density at radius 2 is 2.07 bits per heavy atom. The summed E-state index contributed by atoms with van der Waals surface area (Å²) in [6, 6.07) is 2.04. The van der Waals surface area contributed by atoms with Crippen molar-refractivity contribution < 1.29 is 4.39 Å². The molecule has 0 aromatic heterocycles. The van der Waals surface area contributed by atoms with E-state index in [9.17, 15) is 4.39 Å². The maximum atomic E-state index is 13.6. The van der Waals surface area contributed by atoms with E-state index < -0.39 is 0 Å². The van der Waals surface area contributed by atoms with Crippen LogP contribution in [0.1, 0.15) is 16.7 Å². The fourth-order valence-corrected chi connectivity index (χ4v) is 1.84. The Labute approximate surface area is 92.8 Å². The number of halogens is 2. The van der Waals surface area contributed by atoms with Crippen LogP contribution in [-0.4, -0.2) is 13.6 Å².